The zero-order valence-corrected chi connectivity index (χ0v) is 15.1. The van der Waals surface area contributed by atoms with Crippen LogP contribution in [0.25, 0.3) is 0 Å². The molecule has 2 rings (SSSR count). The number of hydrogen-bond donors (Lipinski definition) is 2. The molecule has 1 saturated heterocycles. The van der Waals surface area contributed by atoms with E-state index in [0.717, 1.165) is 24.4 Å². The predicted octanol–water partition coefficient (Wildman–Crippen LogP) is 3.32. The van der Waals surface area contributed by atoms with Crippen LogP contribution < -0.4 is 15.4 Å². The summed E-state index contributed by atoms with van der Waals surface area (Å²) in [6, 6.07) is 7.87. The van der Waals surface area contributed by atoms with Crippen molar-refractivity contribution >= 4 is 18.3 Å². The SMILES string of the molecule is COc1ccc(C(C)NC(=O)CC(C)C2CCCNC2)cc1.Cl. The van der Waals surface area contributed by atoms with E-state index in [2.05, 4.69) is 17.6 Å². The number of ether oxygens (including phenoxy) is 1. The van der Waals surface area contributed by atoms with Crippen molar-refractivity contribution in [1.82, 2.24) is 10.6 Å². The Morgan fingerprint density at radius 3 is 2.61 bits per heavy atom. The van der Waals surface area contributed by atoms with Gasteiger partial charge in [-0.25, -0.2) is 0 Å². The molecule has 3 unspecified atom stereocenters. The minimum absolute atomic E-state index is 0. The monoisotopic (exact) mass is 340 g/mol. The molecule has 5 heteroatoms. The summed E-state index contributed by atoms with van der Waals surface area (Å²) in [5.41, 5.74) is 1.10. The van der Waals surface area contributed by atoms with Crippen LogP contribution in [0.3, 0.4) is 0 Å². The van der Waals surface area contributed by atoms with Gasteiger partial charge in [0.2, 0.25) is 5.91 Å². The Morgan fingerprint density at radius 1 is 1.35 bits per heavy atom. The van der Waals surface area contributed by atoms with Crippen LogP contribution in [0.15, 0.2) is 24.3 Å². The van der Waals surface area contributed by atoms with Gasteiger partial charge >= 0.3 is 0 Å². The number of benzene rings is 1. The molecule has 130 valence electrons. The van der Waals surface area contributed by atoms with Gasteiger partial charge in [-0.2, -0.15) is 0 Å². The van der Waals surface area contributed by atoms with E-state index in [9.17, 15) is 4.79 Å². The minimum Gasteiger partial charge on any atom is -0.497 e. The van der Waals surface area contributed by atoms with Gasteiger partial charge in [0.15, 0.2) is 0 Å². The molecular weight excluding hydrogens is 312 g/mol. The van der Waals surface area contributed by atoms with Crippen molar-refractivity contribution in [1.29, 1.82) is 0 Å². The van der Waals surface area contributed by atoms with Crippen molar-refractivity contribution in [2.45, 2.75) is 39.2 Å². The highest BCUT2D eigenvalue weighted by atomic mass is 35.5. The number of methoxy groups -OCH3 is 1. The third-order valence-electron chi connectivity index (χ3n) is 4.64. The van der Waals surface area contributed by atoms with Gasteiger partial charge in [-0.15, -0.1) is 12.4 Å². The first-order valence-electron chi connectivity index (χ1n) is 8.24. The maximum absolute atomic E-state index is 12.2. The van der Waals surface area contributed by atoms with Crippen molar-refractivity contribution in [3.8, 4) is 5.75 Å². The first-order chi connectivity index (χ1) is 10.6. The minimum atomic E-state index is 0. The van der Waals surface area contributed by atoms with Crippen LogP contribution in [0.1, 0.15) is 44.7 Å². The van der Waals surface area contributed by atoms with Crippen LogP contribution in [0, 0.1) is 11.8 Å². The average molecular weight is 341 g/mol. The predicted molar refractivity (Wildman–Crippen MR) is 96.2 cm³/mol. The fraction of sp³-hybridized carbons (Fsp3) is 0.611. The molecular formula is C18H29ClN2O2. The Morgan fingerprint density at radius 2 is 2.04 bits per heavy atom. The average Bonchev–Trinajstić information content (AvgIpc) is 2.55. The molecule has 4 nitrogen and oxygen atoms in total. The van der Waals surface area contributed by atoms with Crippen molar-refractivity contribution < 1.29 is 9.53 Å². The summed E-state index contributed by atoms with van der Waals surface area (Å²) in [6.07, 6.45) is 3.06. The Hall–Kier alpha value is -1.26. The highest BCUT2D eigenvalue weighted by molar-refractivity contribution is 5.85. The summed E-state index contributed by atoms with van der Waals surface area (Å²) in [4.78, 5) is 12.2. The molecule has 1 amide bonds. The number of carbonyl (C=O) groups excluding carboxylic acids is 1. The van der Waals surface area contributed by atoms with Gasteiger partial charge in [-0.1, -0.05) is 19.1 Å². The summed E-state index contributed by atoms with van der Waals surface area (Å²) in [6.45, 7) is 6.37. The maximum Gasteiger partial charge on any atom is 0.220 e. The lowest BCUT2D eigenvalue weighted by molar-refractivity contribution is -0.123. The van der Waals surface area contributed by atoms with Gasteiger partial charge < -0.3 is 15.4 Å². The van der Waals surface area contributed by atoms with Crippen molar-refractivity contribution in [2.75, 3.05) is 20.2 Å². The molecule has 0 spiro atoms. The highest BCUT2D eigenvalue weighted by Gasteiger charge is 2.22. The Bertz CT molecular complexity index is 472. The van der Waals surface area contributed by atoms with E-state index in [1.165, 1.54) is 12.8 Å². The summed E-state index contributed by atoms with van der Waals surface area (Å²) in [7, 11) is 1.65. The third kappa shape index (κ3) is 6.04. The van der Waals surface area contributed by atoms with Gasteiger partial charge in [0.1, 0.15) is 5.75 Å². The molecule has 1 aromatic rings. The maximum atomic E-state index is 12.2. The second kappa shape index (κ2) is 9.78. The van der Waals surface area contributed by atoms with Crippen LogP contribution in [0.2, 0.25) is 0 Å². The summed E-state index contributed by atoms with van der Waals surface area (Å²) >= 11 is 0. The number of nitrogens with one attached hydrogen (secondary N) is 2. The number of rotatable bonds is 6. The van der Waals surface area contributed by atoms with Gasteiger partial charge in [-0.05, 0) is 62.4 Å². The lowest BCUT2D eigenvalue weighted by Crippen LogP contribution is -2.36. The molecule has 3 atom stereocenters. The van der Waals surface area contributed by atoms with Crippen molar-refractivity contribution in [3.05, 3.63) is 29.8 Å². The van der Waals surface area contributed by atoms with Crippen LogP contribution in [-0.2, 0) is 4.79 Å². The molecule has 1 fully saturated rings. The van der Waals surface area contributed by atoms with E-state index in [-0.39, 0.29) is 24.4 Å². The molecule has 2 N–H and O–H groups in total. The molecule has 1 aromatic carbocycles. The fourth-order valence-electron chi connectivity index (χ4n) is 3.10. The normalized spacial score (nSPS) is 20.0. The van der Waals surface area contributed by atoms with Crippen LogP contribution >= 0.6 is 12.4 Å². The van der Waals surface area contributed by atoms with Crippen molar-refractivity contribution in [2.24, 2.45) is 11.8 Å². The largest absolute Gasteiger partial charge is 0.497 e. The first kappa shape index (κ1) is 19.8. The third-order valence-corrected chi connectivity index (χ3v) is 4.64. The van der Waals surface area contributed by atoms with Gasteiger partial charge in [0.25, 0.3) is 0 Å². The molecule has 0 radical (unpaired) electrons. The highest BCUT2D eigenvalue weighted by Crippen LogP contribution is 2.23. The lowest BCUT2D eigenvalue weighted by atomic mass is 9.85. The number of amides is 1. The van der Waals surface area contributed by atoms with Gasteiger partial charge in [-0.3, -0.25) is 4.79 Å². The second-order valence-electron chi connectivity index (χ2n) is 6.35. The molecule has 1 aliphatic heterocycles. The van der Waals surface area contributed by atoms with Crippen LogP contribution in [0.4, 0.5) is 0 Å². The van der Waals surface area contributed by atoms with E-state index < -0.39 is 0 Å². The molecule has 1 aliphatic rings. The fourth-order valence-corrected chi connectivity index (χ4v) is 3.10. The van der Waals surface area contributed by atoms with Crippen LogP contribution in [0.5, 0.6) is 5.75 Å². The topological polar surface area (TPSA) is 50.4 Å². The number of hydrogen-bond acceptors (Lipinski definition) is 3. The quantitative estimate of drug-likeness (QED) is 0.835. The van der Waals surface area contributed by atoms with E-state index >= 15 is 0 Å². The molecule has 0 bridgehead atoms. The summed E-state index contributed by atoms with van der Waals surface area (Å²) < 4.78 is 5.16. The molecule has 0 aliphatic carbocycles. The molecule has 1 heterocycles. The van der Waals surface area contributed by atoms with Gasteiger partial charge in [0, 0.05) is 6.42 Å². The number of carbonyl (C=O) groups is 1. The molecule has 0 saturated carbocycles. The zero-order valence-electron chi connectivity index (χ0n) is 14.3. The second-order valence-corrected chi connectivity index (χ2v) is 6.35. The smallest absolute Gasteiger partial charge is 0.220 e. The zero-order chi connectivity index (χ0) is 15.9. The van der Waals surface area contributed by atoms with Crippen LogP contribution in [-0.4, -0.2) is 26.1 Å². The Balaban J connectivity index is 0.00000264. The Labute approximate surface area is 145 Å². The Kier molecular flexibility index (Phi) is 8.42. The summed E-state index contributed by atoms with van der Waals surface area (Å²) in [5.74, 6) is 2.02. The van der Waals surface area contributed by atoms with E-state index in [1.807, 2.05) is 31.2 Å². The molecule has 23 heavy (non-hydrogen) atoms. The standard InChI is InChI=1S/C18H28N2O2.ClH/c1-13(16-5-4-10-19-12-16)11-18(21)20-14(2)15-6-8-17(22-3)9-7-15;/h6-9,13-14,16,19H,4-5,10-12H2,1-3H3,(H,20,21);1H. The van der Waals surface area contributed by atoms with Crippen molar-refractivity contribution in [3.63, 3.8) is 0 Å². The molecule has 0 aromatic heterocycles. The first-order valence-corrected chi connectivity index (χ1v) is 8.24. The number of piperidine rings is 1. The number of halogens is 1. The van der Waals surface area contributed by atoms with E-state index in [1.54, 1.807) is 7.11 Å². The van der Waals surface area contributed by atoms with E-state index in [0.29, 0.717) is 18.3 Å². The van der Waals surface area contributed by atoms with Gasteiger partial charge in [0.05, 0.1) is 13.2 Å². The lowest BCUT2D eigenvalue weighted by Gasteiger charge is -2.28. The summed E-state index contributed by atoms with van der Waals surface area (Å²) in [5, 5.41) is 6.53. The van der Waals surface area contributed by atoms with E-state index in [4.69, 9.17) is 4.74 Å².